The van der Waals surface area contributed by atoms with Crippen molar-refractivity contribution in [3.05, 3.63) is 77.1 Å². The average Bonchev–Trinajstić information content (AvgIpc) is 2.63. The third kappa shape index (κ3) is 3.09. The van der Waals surface area contributed by atoms with Crippen molar-refractivity contribution in [3.8, 4) is 6.07 Å². The monoisotopic (exact) mass is 334 g/mol. The van der Waals surface area contributed by atoms with Crippen LogP contribution in [-0.4, -0.2) is 30.2 Å². The quantitative estimate of drug-likeness (QED) is 0.858. The van der Waals surface area contributed by atoms with Crippen molar-refractivity contribution in [2.75, 3.05) is 13.2 Å². The lowest BCUT2D eigenvalue weighted by Gasteiger charge is -2.44. The topological polar surface area (TPSA) is 36.3 Å². The Balaban J connectivity index is 1.65. The second kappa shape index (κ2) is 6.79. The molecule has 3 nitrogen and oxygen atoms in total. The van der Waals surface area contributed by atoms with Gasteiger partial charge >= 0.3 is 0 Å². The van der Waals surface area contributed by atoms with Crippen LogP contribution in [-0.2, 0) is 11.3 Å². The van der Waals surface area contributed by atoms with E-state index < -0.39 is 5.82 Å². The SMILES string of the molecule is N#Cc1cccc(C2=CC3COCC(C2)N3Cc2ccccc2)c1F. The van der Waals surface area contributed by atoms with Gasteiger partial charge in [-0.3, -0.25) is 4.90 Å². The molecule has 0 amide bonds. The highest BCUT2D eigenvalue weighted by Gasteiger charge is 2.35. The molecule has 0 aliphatic carbocycles. The van der Waals surface area contributed by atoms with Gasteiger partial charge in [-0.25, -0.2) is 4.39 Å². The molecule has 1 saturated heterocycles. The zero-order valence-corrected chi connectivity index (χ0v) is 13.9. The number of benzene rings is 2. The number of fused-ring (bicyclic) bond motifs is 2. The first-order valence-corrected chi connectivity index (χ1v) is 8.53. The summed E-state index contributed by atoms with van der Waals surface area (Å²) < 4.78 is 20.3. The first-order chi connectivity index (χ1) is 12.3. The van der Waals surface area contributed by atoms with Gasteiger partial charge < -0.3 is 4.74 Å². The van der Waals surface area contributed by atoms with Crippen LogP contribution >= 0.6 is 0 Å². The van der Waals surface area contributed by atoms with Gasteiger partial charge in [0.05, 0.1) is 24.8 Å². The summed E-state index contributed by atoms with van der Waals surface area (Å²) in [5.74, 6) is -0.410. The van der Waals surface area contributed by atoms with Crippen LogP contribution in [0.1, 0.15) is 23.1 Å². The molecule has 0 radical (unpaired) electrons. The van der Waals surface area contributed by atoms with E-state index in [1.807, 2.05) is 12.1 Å². The number of hydrogen-bond acceptors (Lipinski definition) is 3. The Kier molecular flexibility index (Phi) is 4.35. The molecule has 1 fully saturated rings. The maximum atomic E-state index is 14.6. The molecular formula is C21H19FN2O. The van der Waals surface area contributed by atoms with Gasteiger partial charge in [-0.2, -0.15) is 5.26 Å². The van der Waals surface area contributed by atoms with Crippen LogP contribution in [0.25, 0.3) is 5.57 Å². The molecular weight excluding hydrogens is 315 g/mol. The molecule has 2 unspecified atom stereocenters. The average molecular weight is 334 g/mol. The third-order valence-electron chi connectivity index (χ3n) is 5.02. The maximum Gasteiger partial charge on any atom is 0.148 e. The maximum absolute atomic E-state index is 14.6. The van der Waals surface area contributed by atoms with Crippen molar-refractivity contribution in [3.63, 3.8) is 0 Å². The van der Waals surface area contributed by atoms with Gasteiger partial charge in [-0.1, -0.05) is 48.5 Å². The van der Waals surface area contributed by atoms with Gasteiger partial charge in [-0.05, 0) is 23.6 Å². The van der Waals surface area contributed by atoms with Crippen LogP contribution in [0.15, 0.2) is 54.6 Å². The third-order valence-corrected chi connectivity index (χ3v) is 5.02. The second-order valence-electron chi connectivity index (χ2n) is 6.59. The predicted molar refractivity (Wildman–Crippen MR) is 94.1 cm³/mol. The molecule has 2 aromatic carbocycles. The highest BCUT2D eigenvalue weighted by molar-refractivity contribution is 5.69. The molecule has 2 aliphatic heterocycles. The van der Waals surface area contributed by atoms with Crippen LogP contribution in [0.4, 0.5) is 4.39 Å². The normalized spacial score (nSPS) is 23.0. The van der Waals surface area contributed by atoms with Crippen LogP contribution in [0.3, 0.4) is 0 Å². The molecule has 2 heterocycles. The number of ether oxygens (including phenoxy) is 1. The van der Waals surface area contributed by atoms with Gasteiger partial charge in [0.1, 0.15) is 11.9 Å². The van der Waals surface area contributed by atoms with Crippen LogP contribution in [0, 0.1) is 17.1 Å². The summed E-state index contributed by atoms with van der Waals surface area (Å²) in [5, 5.41) is 9.07. The van der Waals surface area contributed by atoms with E-state index in [4.69, 9.17) is 10.00 Å². The van der Waals surface area contributed by atoms with Crippen molar-refractivity contribution < 1.29 is 9.13 Å². The van der Waals surface area contributed by atoms with Crippen molar-refractivity contribution in [1.29, 1.82) is 5.26 Å². The standard InChI is InChI=1S/C21H19FN2O/c22-21-16(11-23)7-4-8-20(21)17-9-18-13-25-14-19(10-17)24(18)12-15-5-2-1-3-6-15/h1-9,18-19H,10,12-14H2. The van der Waals surface area contributed by atoms with Crippen LogP contribution < -0.4 is 0 Å². The van der Waals surface area contributed by atoms with E-state index in [0.29, 0.717) is 18.8 Å². The predicted octanol–water partition coefficient (Wildman–Crippen LogP) is 3.75. The molecule has 126 valence electrons. The Hall–Kier alpha value is -2.48. The van der Waals surface area contributed by atoms with Crippen LogP contribution in [0.2, 0.25) is 0 Å². The number of nitrogens with zero attached hydrogens (tertiary/aromatic N) is 2. The first-order valence-electron chi connectivity index (χ1n) is 8.53. The Labute approximate surface area is 147 Å². The van der Waals surface area contributed by atoms with Gasteiger partial charge in [0, 0.05) is 18.2 Å². The molecule has 2 bridgehead atoms. The lowest BCUT2D eigenvalue weighted by Crippen LogP contribution is -2.53. The number of rotatable bonds is 3. The Bertz CT molecular complexity index is 841. The lowest BCUT2D eigenvalue weighted by atomic mass is 9.88. The fourth-order valence-electron chi connectivity index (χ4n) is 3.77. The highest BCUT2D eigenvalue weighted by atomic mass is 19.1. The van der Waals surface area contributed by atoms with E-state index in [1.54, 1.807) is 12.1 Å². The largest absolute Gasteiger partial charge is 0.378 e. The summed E-state index contributed by atoms with van der Waals surface area (Å²) in [7, 11) is 0. The smallest absolute Gasteiger partial charge is 0.148 e. The van der Waals surface area contributed by atoms with E-state index in [1.165, 1.54) is 11.6 Å². The molecule has 0 saturated carbocycles. The van der Waals surface area contributed by atoms with Crippen LogP contribution in [0.5, 0.6) is 0 Å². The Morgan fingerprint density at radius 3 is 2.72 bits per heavy atom. The fraction of sp³-hybridized carbons (Fsp3) is 0.286. The number of morpholine rings is 1. The second-order valence-corrected chi connectivity index (χ2v) is 6.59. The van der Waals surface area contributed by atoms with E-state index in [-0.39, 0.29) is 17.6 Å². The van der Waals surface area contributed by atoms with Crippen molar-refractivity contribution in [2.24, 2.45) is 0 Å². The van der Waals surface area contributed by atoms with E-state index in [2.05, 4.69) is 35.2 Å². The van der Waals surface area contributed by atoms with Gasteiger partial charge in [0.2, 0.25) is 0 Å². The van der Waals surface area contributed by atoms with Crippen molar-refractivity contribution in [1.82, 2.24) is 4.90 Å². The lowest BCUT2D eigenvalue weighted by molar-refractivity contribution is -0.0403. The van der Waals surface area contributed by atoms with E-state index in [9.17, 15) is 4.39 Å². The van der Waals surface area contributed by atoms with E-state index in [0.717, 1.165) is 18.5 Å². The molecule has 4 heteroatoms. The molecule has 2 atom stereocenters. The first kappa shape index (κ1) is 16.0. The van der Waals surface area contributed by atoms with Gasteiger partial charge in [-0.15, -0.1) is 0 Å². The number of nitriles is 1. The fourth-order valence-corrected chi connectivity index (χ4v) is 3.77. The van der Waals surface area contributed by atoms with Gasteiger partial charge in [0.25, 0.3) is 0 Å². The Morgan fingerprint density at radius 2 is 1.96 bits per heavy atom. The molecule has 0 aromatic heterocycles. The minimum absolute atomic E-state index is 0.103. The molecule has 0 spiro atoms. The minimum Gasteiger partial charge on any atom is -0.378 e. The number of hydrogen-bond donors (Lipinski definition) is 0. The molecule has 2 aliphatic rings. The highest BCUT2D eigenvalue weighted by Crippen LogP contribution is 2.35. The van der Waals surface area contributed by atoms with E-state index >= 15 is 0 Å². The van der Waals surface area contributed by atoms with Gasteiger partial charge in [0.15, 0.2) is 0 Å². The summed E-state index contributed by atoms with van der Waals surface area (Å²) in [6, 6.07) is 17.7. The molecule has 4 rings (SSSR count). The summed E-state index contributed by atoms with van der Waals surface area (Å²) in [6.07, 6.45) is 2.84. The zero-order valence-electron chi connectivity index (χ0n) is 13.9. The number of halogens is 1. The molecule has 0 N–H and O–H groups in total. The molecule has 2 aromatic rings. The summed E-state index contributed by atoms with van der Waals surface area (Å²) in [5.41, 5.74) is 2.91. The van der Waals surface area contributed by atoms with Crippen molar-refractivity contribution >= 4 is 5.57 Å². The summed E-state index contributed by atoms with van der Waals surface area (Å²) in [4.78, 5) is 2.44. The minimum atomic E-state index is -0.410. The Morgan fingerprint density at radius 1 is 1.12 bits per heavy atom. The zero-order chi connectivity index (χ0) is 17.2. The molecule has 25 heavy (non-hydrogen) atoms. The van der Waals surface area contributed by atoms with Crippen molar-refractivity contribution in [2.45, 2.75) is 25.0 Å². The summed E-state index contributed by atoms with van der Waals surface area (Å²) >= 11 is 0. The summed E-state index contributed by atoms with van der Waals surface area (Å²) in [6.45, 7) is 2.14.